The van der Waals surface area contributed by atoms with Gasteiger partial charge in [0.15, 0.2) is 0 Å². The van der Waals surface area contributed by atoms with Crippen LogP contribution in [0.3, 0.4) is 0 Å². The maximum Gasteiger partial charge on any atom is 0.290 e. The Labute approximate surface area is 157 Å². The van der Waals surface area contributed by atoms with Crippen molar-refractivity contribution in [2.24, 2.45) is 5.92 Å². The summed E-state index contributed by atoms with van der Waals surface area (Å²) >= 11 is 0. The first-order chi connectivity index (χ1) is 13.1. The fraction of sp³-hybridized carbons (Fsp3) is 0.350. The summed E-state index contributed by atoms with van der Waals surface area (Å²) in [7, 11) is 0. The number of aliphatic hydroxyl groups excluding tert-OH is 1. The van der Waals surface area contributed by atoms with Crippen LogP contribution in [0, 0.1) is 5.92 Å². The Bertz CT molecular complexity index is 910. The molecule has 1 aliphatic carbocycles. The van der Waals surface area contributed by atoms with Crippen LogP contribution in [0.25, 0.3) is 11.3 Å². The van der Waals surface area contributed by atoms with Crippen LogP contribution in [0.5, 0.6) is 0 Å². The first kappa shape index (κ1) is 17.5. The number of rotatable bonds is 6. The highest BCUT2D eigenvalue weighted by Gasteiger charge is 2.31. The third-order valence-corrected chi connectivity index (χ3v) is 4.91. The topological polar surface area (TPSA) is 93.2 Å². The minimum Gasteiger partial charge on any atom is -0.387 e. The highest BCUT2D eigenvalue weighted by molar-refractivity contribution is 5.92. The number of carbonyl (C=O) groups is 1. The average Bonchev–Trinajstić information content (AvgIpc) is 3.30. The van der Waals surface area contributed by atoms with E-state index in [1.54, 1.807) is 13.0 Å². The average molecular weight is 366 g/mol. The molecule has 7 nitrogen and oxygen atoms in total. The van der Waals surface area contributed by atoms with Gasteiger partial charge in [-0.3, -0.25) is 9.48 Å². The van der Waals surface area contributed by atoms with Gasteiger partial charge in [0.05, 0.1) is 11.8 Å². The van der Waals surface area contributed by atoms with Gasteiger partial charge in [-0.2, -0.15) is 5.10 Å². The molecule has 1 fully saturated rings. The molecule has 0 aliphatic heterocycles. The number of benzene rings is 1. The van der Waals surface area contributed by atoms with Crippen molar-refractivity contribution in [3.05, 3.63) is 60.1 Å². The molecule has 0 unspecified atom stereocenters. The molecule has 1 aromatic carbocycles. The van der Waals surface area contributed by atoms with E-state index in [0.29, 0.717) is 17.3 Å². The fourth-order valence-electron chi connectivity index (χ4n) is 3.35. The zero-order valence-corrected chi connectivity index (χ0v) is 15.1. The van der Waals surface area contributed by atoms with Crippen LogP contribution in [0.1, 0.15) is 42.1 Å². The minimum atomic E-state index is -0.553. The molecule has 0 spiro atoms. The molecular formula is C20H22N4O3. The van der Waals surface area contributed by atoms with Crippen molar-refractivity contribution >= 4 is 5.91 Å². The number of nitrogens with zero attached hydrogens (tertiary/aromatic N) is 3. The van der Waals surface area contributed by atoms with E-state index in [1.807, 2.05) is 47.3 Å². The van der Waals surface area contributed by atoms with Crippen LogP contribution in [0.2, 0.25) is 0 Å². The molecule has 1 atom stereocenters. The highest BCUT2D eigenvalue weighted by Crippen LogP contribution is 2.29. The van der Waals surface area contributed by atoms with Crippen LogP contribution in [0.4, 0.5) is 0 Å². The molecule has 0 radical (unpaired) electrons. The molecule has 1 amide bonds. The van der Waals surface area contributed by atoms with Gasteiger partial charge in [0, 0.05) is 30.4 Å². The predicted molar refractivity (Wildman–Crippen MR) is 98.8 cm³/mol. The van der Waals surface area contributed by atoms with Gasteiger partial charge in [0.1, 0.15) is 5.69 Å². The first-order valence-electron chi connectivity index (χ1n) is 9.13. The lowest BCUT2D eigenvalue weighted by Gasteiger charge is -2.35. The molecule has 0 saturated heterocycles. The number of hydrogen-bond donors (Lipinski definition) is 2. The molecule has 27 heavy (non-hydrogen) atoms. The molecule has 4 rings (SSSR count). The highest BCUT2D eigenvalue weighted by atomic mass is 16.5. The summed E-state index contributed by atoms with van der Waals surface area (Å²) in [5.74, 6) is 0.459. The number of hydrogen-bond acceptors (Lipinski definition) is 5. The number of aromatic nitrogens is 3. The van der Waals surface area contributed by atoms with Crippen molar-refractivity contribution in [3.8, 4) is 11.3 Å². The second-order valence-corrected chi connectivity index (χ2v) is 7.09. The lowest BCUT2D eigenvalue weighted by Crippen LogP contribution is -2.45. The van der Waals surface area contributed by atoms with E-state index in [0.717, 1.165) is 24.9 Å². The maximum atomic E-state index is 12.3. The van der Waals surface area contributed by atoms with Crippen molar-refractivity contribution in [1.29, 1.82) is 0 Å². The Morgan fingerprint density at radius 2 is 2.11 bits per heavy atom. The summed E-state index contributed by atoms with van der Waals surface area (Å²) in [6, 6.07) is 13.3. The van der Waals surface area contributed by atoms with E-state index in [4.69, 9.17) is 4.52 Å². The number of nitrogens with one attached hydrogen (secondary N) is 1. The third-order valence-electron chi connectivity index (χ3n) is 4.91. The van der Waals surface area contributed by atoms with Gasteiger partial charge in [0.25, 0.3) is 5.91 Å². The lowest BCUT2D eigenvalue weighted by atomic mass is 9.80. The van der Waals surface area contributed by atoms with Gasteiger partial charge in [-0.25, -0.2) is 0 Å². The Kier molecular flexibility index (Phi) is 4.77. The second-order valence-electron chi connectivity index (χ2n) is 7.09. The fourth-order valence-corrected chi connectivity index (χ4v) is 3.35. The SMILES string of the molecule is C[C@@H](O)c1ccn(C[C@H]2C[C@@H](NC(=O)c3cc(-c4ccccc4)no3)C2)n1. The molecule has 2 aromatic heterocycles. The van der Waals surface area contributed by atoms with Gasteiger partial charge >= 0.3 is 0 Å². The molecule has 0 bridgehead atoms. The molecule has 140 valence electrons. The molecule has 2 heterocycles. The molecule has 3 aromatic rings. The van der Waals surface area contributed by atoms with Crippen molar-refractivity contribution in [3.63, 3.8) is 0 Å². The van der Waals surface area contributed by atoms with E-state index in [2.05, 4.69) is 15.6 Å². The maximum absolute atomic E-state index is 12.3. The first-order valence-corrected chi connectivity index (χ1v) is 9.13. The quantitative estimate of drug-likeness (QED) is 0.700. The van der Waals surface area contributed by atoms with Crippen molar-refractivity contribution in [2.45, 2.75) is 38.5 Å². The summed E-state index contributed by atoms with van der Waals surface area (Å²) in [6.45, 7) is 2.49. The normalized spacial score (nSPS) is 20.1. The largest absolute Gasteiger partial charge is 0.387 e. The van der Waals surface area contributed by atoms with Gasteiger partial charge in [-0.15, -0.1) is 0 Å². The van der Waals surface area contributed by atoms with Crippen LogP contribution >= 0.6 is 0 Å². The Hall–Kier alpha value is -2.93. The van der Waals surface area contributed by atoms with Crippen molar-refractivity contribution in [1.82, 2.24) is 20.3 Å². The smallest absolute Gasteiger partial charge is 0.290 e. The molecule has 1 aliphatic rings. The van der Waals surface area contributed by atoms with Gasteiger partial charge in [0.2, 0.25) is 5.76 Å². The summed E-state index contributed by atoms with van der Waals surface area (Å²) in [6.07, 6.45) is 3.13. The van der Waals surface area contributed by atoms with Gasteiger partial charge in [-0.1, -0.05) is 35.5 Å². The van der Waals surface area contributed by atoms with E-state index in [-0.39, 0.29) is 17.7 Å². The Balaban J connectivity index is 1.27. The number of carbonyl (C=O) groups excluding carboxylic acids is 1. The van der Waals surface area contributed by atoms with Crippen LogP contribution < -0.4 is 5.32 Å². The Morgan fingerprint density at radius 1 is 1.33 bits per heavy atom. The van der Waals surface area contributed by atoms with Crippen LogP contribution in [-0.2, 0) is 6.54 Å². The molecule has 2 N–H and O–H groups in total. The van der Waals surface area contributed by atoms with E-state index < -0.39 is 6.10 Å². The molecule has 7 heteroatoms. The number of amides is 1. The summed E-state index contributed by atoms with van der Waals surface area (Å²) in [5, 5.41) is 20.9. The predicted octanol–water partition coefficient (Wildman–Crippen LogP) is 2.80. The van der Waals surface area contributed by atoms with Crippen molar-refractivity contribution < 1.29 is 14.4 Å². The summed E-state index contributed by atoms with van der Waals surface area (Å²) in [5.41, 5.74) is 2.25. The standard InChI is InChI=1S/C20H22N4O3/c1-13(25)17-7-8-24(22-17)12-14-9-16(10-14)21-20(26)19-11-18(23-27-19)15-5-3-2-4-6-15/h2-8,11,13-14,16,25H,9-10,12H2,1H3,(H,21,26)/t13-,14-,16+/m1/s1. The van der Waals surface area contributed by atoms with Crippen LogP contribution in [-0.4, -0.2) is 32.0 Å². The van der Waals surface area contributed by atoms with Crippen molar-refractivity contribution in [2.75, 3.05) is 0 Å². The lowest BCUT2D eigenvalue weighted by molar-refractivity contribution is 0.0842. The third kappa shape index (κ3) is 3.93. The molecular weight excluding hydrogens is 344 g/mol. The van der Waals surface area contributed by atoms with E-state index in [1.165, 1.54) is 0 Å². The van der Waals surface area contributed by atoms with Crippen LogP contribution in [0.15, 0.2) is 53.2 Å². The second kappa shape index (κ2) is 7.36. The summed E-state index contributed by atoms with van der Waals surface area (Å²) < 4.78 is 7.05. The van der Waals surface area contributed by atoms with Gasteiger partial charge in [-0.05, 0) is 31.7 Å². The number of aliphatic hydroxyl groups is 1. The van der Waals surface area contributed by atoms with E-state index in [9.17, 15) is 9.90 Å². The van der Waals surface area contributed by atoms with Gasteiger partial charge < -0.3 is 14.9 Å². The summed E-state index contributed by atoms with van der Waals surface area (Å²) in [4.78, 5) is 12.3. The monoisotopic (exact) mass is 366 g/mol. The van der Waals surface area contributed by atoms with E-state index >= 15 is 0 Å². The Morgan fingerprint density at radius 3 is 2.81 bits per heavy atom. The zero-order chi connectivity index (χ0) is 18.8. The minimum absolute atomic E-state index is 0.138. The zero-order valence-electron chi connectivity index (χ0n) is 15.1. The molecule has 1 saturated carbocycles.